The van der Waals surface area contributed by atoms with Gasteiger partial charge in [-0.1, -0.05) is 55.6 Å². The Morgan fingerprint density at radius 1 is 0.700 bits per heavy atom. The molecule has 2 aliphatic rings. The van der Waals surface area contributed by atoms with E-state index in [1.807, 2.05) is 103 Å². The second kappa shape index (κ2) is 19.4. The van der Waals surface area contributed by atoms with Gasteiger partial charge in [0.25, 0.3) is 11.4 Å². The number of rotatable bonds is 8. The zero-order chi connectivity index (χ0) is 35.2. The molecule has 0 saturated carbocycles. The standard InChI is InChI=1S/C18H19N2O2.C18H19N2OS.CH4.ClHO4/c2*1-3-19-16-11-4-5-12-17(16)22-18(19)13-8-10-15-9-6-7-14-20(15)21-2;;2-1(3,4)5/h2*4-14H,3H2,1-2H3;1H4;(H,2,3,4,5)/q2*+1;;/p-1. The number of allylic oxidation sites excluding steroid dienone is 4. The molecule has 4 aromatic rings. The van der Waals surface area contributed by atoms with Crippen molar-refractivity contribution < 1.29 is 52.8 Å². The average molecular weight is 722 g/mol. The Hall–Kier alpha value is -4.82. The van der Waals surface area contributed by atoms with E-state index in [9.17, 15) is 0 Å². The van der Waals surface area contributed by atoms with Crippen LogP contribution in [-0.4, -0.2) is 27.3 Å². The predicted molar refractivity (Wildman–Crippen MR) is 185 cm³/mol. The molecule has 0 atom stereocenters. The number of pyridine rings is 2. The summed E-state index contributed by atoms with van der Waals surface area (Å²) < 4.78 is 43.3. The van der Waals surface area contributed by atoms with Gasteiger partial charge in [-0.2, -0.15) is 0 Å². The maximum atomic E-state index is 8.49. The highest BCUT2D eigenvalue weighted by atomic mass is 35.7. The van der Waals surface area contributed by atoms with Gasteiger partial charge in [-0.05, 0) is 62.4 Å². The highest BCUT2D eigenvalue weighted by Gasteiger charge is 2.24. The number of para-hydroxylation sites is 3. The summed E-state index contributed by atoms with van der Waals surface area (Å²) in [7, 11) is -1.64. The van der Waals surface area contributed by atoms with Crippen LogP contribution in [0.2, 0.25) is 0 Å². The molecule has 50 heavy (non-hydrogen) atoms. The van der Waals surface area contributed by atoms with Crippen LogP contribution >= 0.6 is 11.8 Å². The van der Waals surface area contributed by atoms with Crippen LogP contribution in [0.25, 0.3) is 12.2 Å². The quantitative estimate of drug-likeness (QED) is 0.250. The lowest BCUT2D eigenvalue weighted by molar-refractivity contribution is -2.00. The van der Waals surface area contributed by atoms with Crippen molar-refractivity contribution in [2.24, 2.45) is 0 Å². The molecule has 0 spiro atoms. The number of nitrogens with zero attached hydrogens (tertiary/aromatic N) is 4. The van der Waals surface area contributed by atoms with Gasteiger partial charge in [0.05, 0.1) is 16.4 Å². The minimum Gasteiger partial charge on any atom is -0.439 e. The summed E-state index contributed by atoms with van der Waals surface area (Å²) >= 11 is 1.81. The van der Waals surface area contributed by atoms with Gasteiger partial charge in [0.15, 0.2) is 5.75 Å². The highest BCUT2D eigenvalue weighted by Crippen LogP contribution is 2.45. The zero-order valence-corrected chi connectivity index (χ0v) is 29.1. The van der Waals surface area contributed by atoms with Crippen molar-refractivity contribution in [3.8, 4) is 5.75 Å². The van der Waals surface area contributed by atoms with E-state index in [0.717, 1.165) is 41.8 Å². The van der Waals surface area contributed by atoms with Crippen LogP contribution in [0.15, 0.2) is 137 Å². The second-order valence-electron chi connectivity index (χ2n) is 10.0. The van der Waals surface area contributed by atoms with Crippen LogP contribution in [0.1, 0.15) is 32.7 Å². The summed E-state index contributed by atoms with van der Waals surface area (Å²) in [5.74, 6) is 1.73. The third kappa shape index (κ3) is 11.1. The van der Waals surface area contributed by atoms with E-state index in [0.29, 0.717) is 0 Å². The minimum absolute atomic E-state index is 0. The van der Waals surface area contributed by atoms with Crippen molar-refractivity contribution in [3.05, 3.63) is 144 Å². The lowest BCUT2D eigenvalue weighted by atomic mass is 10.3. The topological polar surface area (TPSA) is 134 Å². The fourth-order valence-corrected chi connectivity index (χ4v) is 6.08. The van der Waals surface area contributed by atoms with E-state index >= 15 is 0 Å². The maximum Gasteiger partial charge on any atom is 0.257 e. The molecule has 4 heterocycles. The van der Waals surface area contributed by atoms with Crippen LogP contribution in [0.5, 0.6) is 5.75 Å². The van der Waals surface area contributed by atoms with Gasteiger partial charge in [0.2, 0.25) is 18.3 Å². The van der Waals surface area contributed by atoms with E-state index < -0.39 is 10.2 Å². The fourth-order valence-electron chi connectivity index (χ4n) is 4.94. The summed E-state index contributed by atoms with van der Waals surface area (Å²) in [6.45, 7) is 6.11. The molecule has 2 aromatic heterocycles. The van der Waals surface area contributed by atoms with E-state index in [4.69, 9.17) is 33.0 Å². The normalized spacial score (nSPS) is 14.7. The van der Waals surface area contributed by atoms with E-state index in [1.54, 1.807) is 23.7 Å². The summed E-state index contributed by atoms with van der Waals surface area (Å²) in [5, 5.41) is 1.25. The molecule has 0 aliphatic carbocycles. The summed E-state index contributed by atoms with van der Waals surface area (Å²) in [5.41, 5.74) is 4.36. The van der Waals surface area contributed by atoms with Crippen LogP contribution in [-0.2, 0) is 0 Å². The van der Waals surface area contributed by atoms with E-state index in [2.05, 4.69) is 66.1 Å². The SMILES string of the molecule is C.CCN1C(=CC=Cc2cccc[n+]2OC)Oc2ccccc21.CCN1C(=CC=Cc2cccc[n+]2OC)Sc2ccccc21.[O-][Cl+3]([O-])([O-])[O-]. The Morgan fingerprint density at radius 2 is 1.20 bits per heavy atom. The monoisotopic (exact) mass is 721 g/mol. The van der Waals surface area contributed by atoms with Crippen molar-refractivity contribution in [1.29, 1.82) is 0 Å². The molecular weight excluding hydrogens is 680 g/mol. The van der Waals surface area contributed by atoms with E-state index in [1.165, 1.54) is 15.6 Å². The Balaban J connectivity index is 0.000000234. The van der Waals surface area contributed by atoms with Gasteiger partial charge in [-0.3, -0.25) is 9.68 Å². The van der Waals surface area contributed by atoms with Crippen LogP contribution < -0.4 is 52.3 Å². The number of fused-ring (bicyclic) bond motifs is 2. The summed E-state index contributed by atoms with van der Waals surface area (Å²) in [6, 6.07) is 28.4. The molecule has 11 nitrogen and oxygen atoms in total. The molecule has 0 fully saturated rings. The molecule has 2 aliphatic heterocycles. The molecular formula is C37H42ClN4O7S+. The molecule has 13 heteroatoms. The van der Waals surface area contributed by atoms with Crippen LogP contribution in [0, 0.1) is 10.2 Å². The van der Waals surface area contributed by atoms with Gasteiger partial charge in [-0.15, -0.1) is 10.2 Å². The Labute approximate surface area is 300 Å². The first-order valence-electron chi connectivity index (χ1n) is 15.2. The molecule has 0 saturated heterocycles. The van der Waals surface area contributed by atoms with E-state index in [-0.39, 0.29) is 7.43 Å². The summed E-state index contributed by atoms with van der Waals surface area (Å²) in [4.78, 5) is 16.4. The van der Waals surface area contributed by atoms with Crippen molar-refractivity contribution in [2.45, 2.75) is 26.2 Å². The number of thioether (sulfide) groups is 1. The van der Waals surface area contributed by atoms with Crippen molar-refractivity contribution in [3.63, 3.8) is 0 Å². The number of ether oxygens (including phenoxy) is 1. The van der Waals surface area contributed by atoms with Gasteiger partial charge < -0.3 is 14.5 Å². The highest BCUT2D eigenvalue weighted by molar-refractivity contribution is 8.03. The molecule has 2 aromatic carbocycles. The number of benzene rings is 2. The molecule has 0 unspecified atom stereocenters. The number of hydrogen-bond acceptors (Lipinski definition) is 10. The number of anilines is 2. The average Bonchev–Trinajstić information content (AvgIpc) is 3.65. The maximum absolute atomic E-state index is 8.49. The third-order valence-corrected chi connectivity index (χ3v) is 8.15. The first kappa shape index (κ1) is 39.6. The van der Waals surface area contributed by atoms with Crippen molar-refractivity contribution in [2.75, 3.05) is 37.1 Å². The third-order valence-electron chi connectivity index (χ3n) is 7.02. The van der Waals surface area contributed by atoms with Gasteiger partial charge in [0, 0.05) is 63.9 Å². The van der Waals surface area contributed by atoms with Gasteiger partial charge in [0.1, 0.15) is 14.2 Å². The Bertz CT molecular complexity index is 1680. The fraction of sp³-hybridized carbons (Fsp3) is 0.189. The molecule has 0 N–H and O–H groups in total. The second-order valence-corrected chi connectivity index (χ2v) is 11.8. The van der Waals surface area contributed by atoms with Crippen LogP contribution in [0.4, 0.5) is 11.4 Å². The zero-order valence-electron chi connectivity index (χ0n) is 27.5. The minimum atomic E-state index is -4.94. The smallest absolute Gasteiger partial charge is 0.257 e. The largest absolute Gasteiger partial charge is 0.439 e. The van der Waals surface area contributed by atoms with Crippen molar-refractivity contribution >= 4 is 35.3 Å². The van der Waals surface area contributed by atoms with Crippen LogP contribution in [0.3, 0.4) is 0 Å². The number of halogens is 1. The molecule has 264 valence electrons. The molecule has 6 rings (SSSR count). The van der Waals surface area contributed by atoms with Gasteiger partial charge >= 0.3 is 0 Å². The number of hydrogen-bond donors (Lipinski definition) is 0. The molecule has 0 amide bonds. The first-order chi connectivity index (χ1) is 23.7. The first-order valence-corrected chi connectivity index (χ1v) is 17.3. The van der Waals surface area contributed by atoms with Gasteiger partial charge in [-0.25, -0.2) is 18.6 Å². The molecule has 0 bridgehead atoms. The predicted octanol–water partition coefficient (Wildman–Crippen LogP) is 2.21. The summed E-state index contributed by atoms with van der Waals surface area (Å²) in [6.07, 6.45) is 16.0. The Kier molecular flexibility index (Phi) is 15.4. The lowest BCUT2D eigenvalue weighted by Crippen LogP contribution is -2.68. The lowest BCUT2D eigenvalue weighted by Gasteiger charge is -2.17. The Morgan fingerprint density at radius 3 is 1.76 bits per heavy atom. The van der Waals surface area contributed by atoms with Crippen molar-refractivity contribution in [1.82, 2.24) is 0 Å². The molecule has 0 radical (unpaired) electrons. The number of aromatic nitrogens is 2.